The summed E-state index contributed by atoms with van der Waals surface area (Å²) in [5.41, 5.74) is -1.40. The summed E-state index contributed by atoms with van der Waals surface area (Å²) in [6, 6.07) is 4.80. The van der Waals surface area contributed by atoms with Gasteiger partial charge < -0.3 is 10.4 Å². The molecule has 0 fully saturated rings. The summed E-state index contributed by atoms with van der Waals surface area (Å²) in [5, 5.41) is 7.04. The fraction of sp³-hybridized carbons (Fsp3) is 0.0714. The van der Waals surface area contributed by atoms with Crippen LogP contribution in [0.2, 0.25) is 0 Å². The molecule has 114 valence electrons. The highest BCUT2D eigenvalue weighted by Gasteiger charge is 2.33. The van der Waals surface area contributed by atoms with Crippen LogP contribution in [0, 0.1) is 5.41 Å². The van der Waals surface area contributed by atoms with Gasteiger partial charge in [-0.05, 0) is 29.8 Å². The number of carbonyl (C=O) groups excluding carboxylic acids is 1. The number of aromatic nitrogens is 2. The first kappa shape index (κ1) is 16.0. The lowest BCUT2D eigenvalue weighted by atomic mass is 10.0. The second kappa shape index (κ2) is 6.15. The van der Waals surface area contributed by atoms with Crippen molar-refractivity contribution in [2.45, 2.75) is 6.18 Å². The molecule has 0 aliphatic rings. The minimum Gasteiger partial charge on any atom is -0.335 e. The number of H-pyrrole nitrogens is 1. The molecule has 4 nitrogen and oxygen atoms in total. The fourth-order valence-corrected chi connectivity index (χ4v) is 1.83. The van der Waals surface area contributed by atoms with Crippen LogP contribution in [0.25, 0.3) is 6.08 Å². The maximum Gasteiger partial charge on any atom is 0.417 e. The molecule has 2 N–H and O–H groups in total. The molecule has 0 aliphatic heterocycles. The van der Waals surface area contributed by atoms with Gasteiger partial charge >= 0.3 is 6.18 Å². The number of hydrogen-bond acceptors (Lipinski definition) is 3. The van der Waals surface area contributed by atoms with Crippen LogP contribution in [0.3, 0.4) is 0 Å². The summed E-state index contributed by atoms with van der Waals surface area (Å²) in [6.07, 6.45) is -0.896. The van der Waals surface area contributed by atoms with Gasteiger partial charge in [0.05, 0.1) is 17.5 Å². The number of benzene rings is 1. The summed E-state index contributed by atoms with van der Waals surface area (Å²) in [5.74, 6) is 0.207. The molecule has 1 heterocycles. The number of halogens is 4. The Labute approximate surface area is 128 Å². The van der Waals surface area contributed by atoms with Crippen molar-refractivity contribution in [1.82, 2.24) is 9.97 Å². The quantitative estimate of drug-likeness (QED) is 0.660. The minimum atomic E-state index is -4.54. The molecule has 0 saturated heterocycles. The lowest BCUT2D eigenvalue weighted by Gasteiger charge is -2.11. The van der Waals surface area contributed by atoms with Gasteiger partial charge in [-0.3, -0.25) is 4.79 Å². The van der Waals surface area contributed by atoms with Gasteiger partial charge in [-0.15, -0.1) is 0 Å². The molecule has 0 unspecified atom stereocenters. The molecular weight excluding hydrogens is 319 g/mol. The van der Waals surface area contributed by atoms with E-state index in [2.05, 4.69) is 9.97 Å². The Bertz CT molecular complexity index is 750. The van der Waals surface area contributed by atoms with E-state index in [4.69, 9.17) is 17.0 Å². The predicted octanol–water partition coefficient (Wildman–Crippen LogP) is 3.89. The minimum absolute atomic E-state index is 0.0588. The van der Waals surface area contributed by atoms with Crippen molar-refractivity contribution in [3.8, 4) is 0 Å². The highest BCUT2D eigenvalue weighted by molar-refractivity contribution is 6.67. The molecule has 1 aromatic heterocycles. The van der Waals surface area contributed by atoms with Gasteiger partial charge in [0.15, 0.2) is 0 Å². The second-order valence-corrected chi connectivity index (χ2v) is 4.59. The first-order valence-corrected chi connectivity index (χ1v) is 6.35. The molecule has 0 radical (unpaired) electrons. The zero-order chi connectivity index (χ0) is 16.3. The number of imidazole rings is 1. The number of nitrogens with zero attached hydrogens (tertiary/aromatic N) is 1. The van der Waals surface area contributed by atoms with Gasteiger partial charge in [0.2, 0.25) is 0 Å². The number of allylic oxidation sites excluding steroid dienone is 1. The van der Waals surface area contributed by atoms with Crippen LogP contribution in [0.4, 0.5) is 13.2 Å². The van der Waals surface area contributed by atoms with Crippen molar-refractivity contribution in [1.29, 1.82) is 5.41 Å². The zero-order valence-corrected chi connectivity index (χ0v) is 11.7. The third-order valence-electron chi connectivity index (χ3n) is 2.74. The van der Waals surface area contributed by atoms with Crippen LogP contribution in [0.15, 0.2) is 36.5 Å². The third kappa shape index (κ3) is 3.62. The molecule has 2 rings (SSSR count). The van der Waals surface area contributed by atoms with E-state index in [1.807, 2.05) is 0 Å². The van der Waals surface area contributed by atoms with E-state index in [1.165, 1.54) is 30.5 Å². The lowest BCUT2D eigenvalue weighted by molar-refractivity contribution is -0.137. The molecule has 0 atom stereocenters. The summed E-state index contributed by atoms with van der Waals surface area (Å²) in [6.45, 7) is 0. The van der Waals surface area contributed by atoms with Crippen molar-refractivity contribution in [3.63, 3.8) is 0 Å². The average Bonchev–Trinajstić information content (AvgIpc) is 2.93. The SMILES string of the molecule is N=C(/C=C\c1ncc(C(=O)Cl)[nH]1)c1ccccc1C(F)(F)F. The topological polar surface area (TPSA) is 69.6 Å². The van der Waals surface area contributed by atoms with E-state index in [-0.39, 0.29) is 22.8 Å². The normalized spacial score (nSPS) is 11.8. The lowest BCUT2D eigenvalue weighted by Crippen LogP contribution is -2.11. The van der Waals surface area contributed by atoms with E-state index in [9.17, 15) is 18.0 Å². The molecular formula is C14H9ClF3N3O. The Morgan fingerprint density at radius 3 is 2.59 bits per heavy atom. The molecule has 2 aromatic rings. The van der Waals surface area contributed by atoms with Crippen LogP contribution in [0.1, 0.15) is 27.4 Å². The van der Waals surface area contributed by atoms with Crippen LogP contribution in [0.5, 0.6) is 0 Å². The summed E-state index contributed by atoms with van der Waals surface area (Å²) in [7, 11) is 0. The molecule has 22 heavy (non-hydrogen) atoms. The van der Waals surface area contributed by atoms with E-state index < -0.39 is 17.0 Å². The molecule has 8 heteroatoms. The molecule has 0 amide bonds. The largest absolute Gasteiger partial charge is 0.417 e. The molecule has 0 spiro atoms. The Balaban J connectivity index is 2.26. The van der Waals surface area contributed by atoms with Crippen molar-refractivity contribution in [2.75, 3.05) is 0 Å². The van der Waals surface area contributed by atoms with Gasteiger partial charge in [-0.1, -0.05) is 18.2 Å². The summed E-state index contributed by atoms with van der Waals surface area (Å²) < 4.78 is 38.6. The van der Waals surface area contributed by atoms with Gasteiger partial charge in [-0.25, -0.2) is 4.98 Å². The summed E-state index contributed by atoms with van der Waals surface area (Å²) >= 11 is 5.24. The Kier molecular flexibility index (Phi) is 4.46. The maximum absolute atomic E-state index is 12.9. The highest BCUT2D eigenvalue weighted by Crippen LogP contribution is 2.32. The highest BCUT2D eigenvalue weighted by atomic mass is 35.5. The monoisotopic (exact) mass is 327 g/mol. The smallest absolute Gasteiger partial charge is 0.335 e. The molecule has 0 bridgehead atoms. The van der Waals surface area contributed by atoms with Crippen molar-refractivity contribution < 1.29 is 18.0 Å². The zero-order valence-electron chi connectivity index (χ0n) is 10.9. The Hall–Kier alpha value is -2.41. The van der Waals surface area contributed by atoms with Gasteiger partial charge in [0.25, 0.3) is 5.24 Å². The van der Waals surface area contributed by atoms with Gasteiger partial charge in [0.1, 0.15) is 11.5 Å². The maximum atomic E-state index is 12.9. The Morgan fingerprint density at radius 1 is 1.32 bits per heavy atom. The van der Waals surface area contributed by atoms with Crippen molar-refractivity contribution in [2.24, 2.45) is 0 Å². The molecule has 0 saturated carbocycles. The van der Waals surface area contributed by atoms with E-state index in [0.29, 0.717) is 0 Å². The number of carbonyl (C=O) groups is 1. The van der Waals surface area contributed by atoms with Crippen LogP contribution in [-0.2, 0) is 6.18 Å². The van der Waals surface area contributed by atoms with E-state index in [1.54, 1.807) is 0 Å². The Morgan fingerprint density at radius 2 is 2.00 bits per heavy atom. The van der Waals surface area contributed by atoms with Gasteiger partial charge in [0, 0.05) is 5.56 Å². The predicted molar refractivity (Wildman–Crippen MR) is 76.1 cm³/mol. The van der Waals surface area contributed by atoms with Crippen LogP contribution < -0.4 is 0 Å². The molecule has 1 aromatic carbocycles. The molecule has 0 aliphatic carbocycles. The summed E-state index contributed by atoms with van der Waals surface area (Å²) in [4.78, 5) is 17.2. The van der Waals surface area contributed by atoms with Crippen LogP contribution >= 0.6 is 11.6 Å². The van der Waals surface area contributed by atoms with Gasteiger partial charge in [-0.2, -0.15) is 13.2 Å². The first-order chi connectivity index (χ1) is 10.3. The standard InChI is InChI=1S/C14H9ClF3N3O/c15-13(22)11-7-20-12(21-11)6-5-10(19)8-3-1-2-4-9(8)14(16,17)18/h1-7,19H,(H,20,21)/b6-5-,19-10?. The van der Waals surface area contributed by atoms with Crippen molar-refractivity contribution in [3.05, 3.63) is 59.2 Å². The van der Waals surface area contributed by atoms with Crippen molar-refractivity contribution >= 4 is 28.6 Å². The first-order valence-electron chi connectivity index (χ1n) is 5.97. The number of aromatic amines is 1. The van der Waals surface area contributed by atoms with E-state index >= 15 is 0 Å². The van der Waals surface area contributed by atoms with Crippen LogP contribution in [-0.4, -0.2) is 20.9 Å². The van der Waals surface area contributed by atoms with E-state index in [0.717, 1.165) is 12.1 Å². The number of alkyl halides is 3. The number of hydrogen-bond donors (Lipinski definition) is 2. The average molecular weight is 328 g/mol. The third-order valence-corrected chi connectivity index (χ3v) is 2.94. The fourth-order valence-electron chi connectivity index (χ4n) is 1.74. The number of rotatable bonds is 4. The second-order valence-electron chi connectivity index (χ2n) is 4.25. The number of nitrogens with one attached hydrogen (secondary N) is 2.